The van der Waals surface area contributed by atoms with E-state index in [1.54, 1.807) is 25.7 Å². The molecule has 1 amide bonds. The van der Waals surface area contributed by atoms with E-state index in [2.05, 4.69) is 10.3 Å². The minimum Gasteiger partial charge on any atom is -0.444 e. The van der Waals surface area contributed by atoms with Crippen molar-refractivity contribution in [3.8, 4) is 0 Å². The maximum absolute atomic E-state index is 11.9. The van der Waals surface area contributed by atoms with E-state index in [0.29, 0.717) is 32.5 Å². The van der Waals surface area contributed by atoms with Gasteiger partial charge in [0, 0.05) is 19.6 Å². The number of hydrogen-bond acceptors (Lipinski definition) is 4. The molecule has 1 aliphatic rings. The third-order valence-corrected chi connectivity index (χ3v) is 2.98. The van der Waals surface area contributed by atoms with E-state index >= 15 is 0 Å². The second-order valence-electron chi connectivity index (χ2n) is 6.16. The van der Waals surface area contributed by atoms with E-state index in [0.717, 1.165) is 0 Å². The van der Waals surface area contributed by atoms with Crippen molar-refractivity contribution in [2.75, 3.05) is 26.2 Å². The molecule has 0 aromatic heterocycles. The topological polar surface area (TPSA) is 50.8 Å². The number of carbonyl (C=O) groups excluding carboxylic acids is 1. The van der Waals surface area contributed by atoms with E-state index in [1.807, 2.05) is 0 Å². The predicted octanol–water partition coefficient (Wildman–Crippen LogP) is 2.72. The molecule has 1 N–H and O–H groups in total. The van der Waals surface area contributed by atoms with Crippen molar-refractivity contribution in [1.29, 1.82) is 0 Å². The van der Waals surface area contributed by atoms with Crippen molar-refractivity contribution in [2.24, 2.45) is 5.92 Å². The number of halogens is 3. The molecular weight excluding hydrogens is 289 g/mol. The number of rotatable bonds is 4. The van der Waals surface area contributed by atoms with Crippen LogP contribution in [-0.4, -0.2) is 49.0 Å². The second kappa shape index (κ2) is 7.31. The number of amides is 1. The first-order valence-electron chi connectivity index (χ1n) is 6.96. The number of ether oxygens (including phenoxy) is 1. The largest absolute Gasteiger partial charge is 0.444 e. The van der Waals surface area contributed by atoms with Gasteiger partial charge in [0.25, 0.3) is 0 Å². The highest BCUT2D eigenvalue weighted by Gasteiger charge is 2.29. The second-order valence-corrected chi connectivity index (χ2v) is 6.16. The Morgan fingerprint density at radius 1 is 1.24 bits per heavy atom. The number of nitrogens with one attached hydrogen (secondary N) is 1. The summed E-state index contributed by atoms with van der Waals surface area (Å²) in [5.41, 5.74) is 1.81. The van der Waals surface area contributed by atoms with Gasteiger partial charge in [-0.05, 0) is 39.5 Å². The van der Waals surface area contributed by atoms with Crippen LogP contribution in [0.3, 0.4) is 0 Å². The van der Waals surface area contributed by atoms with Gasteiger partial charge in [-0.25, -0.2) is 10.3 Å². The Hall–Kier alpha value is -1.02. The Balaban J connectivity index is 2.19. The van der Waals surface area contributed by atoms with E-state index < -0.39 is 18.4 Å². The van der Waals surface area contributed by atoms with Gasteiger partial charge in [-0.15, -0.1) is 0 Å². The Kier molecular flexibility index (Phi) is 6.27. The fourth-order valence-electron chi connectivity index (χ4n) is 1.96. The summed E-state index contributed by atoms with van der Waals surface area (Å²) in [6.45, 7) is 5.54. The molecule has 1 heterocycles. The van der Waals surface area contributed by atoms with Gasteiger partial charge in [0.05, 0.1) is 0 Å². The molecule has 5 nitrogen and oxygen atoms in total. The van der Waals surface area contributed by atoms with Crippen LogP contribution in [0.2, 0.25) is 0 Å². The number of hydrogen-bond donors (Lipinski definition) is 1. The van der Waals surface area contributed by atoms with Crippen LogP contribution < -0.4 is 5.48 Å². The third-order valence-electron chi connectivity index (χ3n) is 2.98. The van der Waals surface area contributed by atoms with E-state index in [4.69, 9.17) is 4.74 Å². The van der Waals surface area contributed by atoms with Crippen molar-refractivity contribution in [1.82, 2.24) is 10.4 Å². The van der Waals surface area contributed by atoms with Crippen LogP contribution in [0, 0.1) is 5.92 Å². The van der Waals surface area contributed by atoms with Crippen molar-refractivity contribution in [3.63, 3.8) is 0 Å². The molecule has 0 saturated carbocycles. The Morgan fingerprint density at radius 2 is 1.81 bits per heavy atom. The van der Waals surface area contributed by atoms with Crippen LogP contribution in [0.1, 0.15) is 33.6 Å². The highest BCUT2D eigenvalue weighted by Crippen LogP contribution is 2.19. The Bertz CT molecular complexity index is 335. The molecule has 0 aromatic rings. The summed E-state index contributed by atoms with van der Waals surface area (Å²) in [5.74, 6) is 0.192. The van der Waals surface area contributed by atoms with Gasteiger partial charge in [-0.2, -0.15) is 13.2 Å². The van der Waals surface area contributed by atoms with Gasteiger partial charge in [0.15, 0.2) is 6.61 Å². The molecule has 1 saturated heterocycles. The number of nitrogens with zero attached hydrogens (tertiary/aromatic N) is 1. The maximum Gasteiger partial charge on any atom is 0.413 e. The Labute approximate surface area is 122 Å². The summed E-state index contributed by atoms with van der Waals surface area (Å²) < 4.78 is 40.9. The van der Waals surface area contributed by atoms with Gasteiger partial charge in [-0.1, -0.05) is 0 Å². The molecule has 21 heavy (non-hydrogen) atoms. The summed E-state index contributed by atoms with van der Waals surface area (Å²) in [6.07, 6.45) is -3.25. The van der Waals surface area contributed by atoms with Gasteiger partial charge >= 0.3 is 12.3 Å². The minimum absolute atomic E-state index is 0.192. The van der Waals surface area contributed by atoms with Gasteiger partial charge in [-0.3, -0.25) is 4.84 Å². The van der Waals surface area contributed by atoms with Crippen LogP contribution in [0.25, 0.3) is 0 Å². The molecular formula is C13H23F3N2O3. The van der Waals surface area contributed by atoms with E-state index in [-0.39, 0.29) is 12.0 Å². The zero-order valence-corrected chi connectivity index (χ0v) is 12.6. The van der Waals surface area contributed by atoms with Gasteiger partial charge in [0.1, 0.15) is 5.60 Å². The van der Waals surface area contributed by atoms with Crippen LogP contribution in [0.5, 0.6) is 0 Å². The molecule has 0 aliphatic carbocycles. The zero-order chi connectivity index (χ0) is 16.1. The molecule has 0 bridgehead atoms. The van der Waals surface area contributed by atoms with Gasteiger partial charge in [0.2, 0.25) is 0 Å². The number of alkyl halides is 3. The minimum atomic E-state index is -4.33. The molecule has 0 radical (unpaired) electrons. The Morgan fingerprint density at radius 3 is 2.29 bits per heavy atom. The molecule has 0 atom stereocenters. The highest BCUT2D eigenvalue weighted by molar-refractivity contribution is 5.68. The number of piperidine rings is 1. The predicted molar refractivity (Wildman–Crippen MR) is 70.5 cm³/mol. The number of likely N-dealkylation sites (tertiary alicyclic amines) is 1. The van der Waals surface area contributed by atoms with Gasteiger partial charge < -0.3 is 9.64 Å². The average Bonchev–Trinajstić information content (AvgIpc) is 2.32. The molecule has 124 valence electrons. The SMILES string of the molecule is CC(C)(C)OC(=O)N1CCC(CNOCC(F)(F)F)CC1. The maximum atomic E-state index is 11.9. The zero-order valence-electron chi connectivity index (χ0n) is 12.6. The average molecular weight is 312 g/mol. The fraction of sp³-hybridized carbons (Fsp3) is 0.923. The van der Waals surface area contributed by atoms with E-state index in [9.17, 15) is 18.0 Å². The smallest absolute Gasteiger partial charge is 0.413 e. The summed E-state index contributed by atoms with van der Waals surface area (Å²) >= 11 is 0. The van der Waals surface area contributed by atoms with E-state index in [1.165, 1.54) is 0 Å². The first kappa shape index (κ1) is 18.0. The highest BCUT2D eigenvalue weighted by atomic mass is 19.4. The lowest BCUT2D eigenvalue weighted by Gasteiger charge is -2.33. The quantitative estimate of drug-likeness (QED) is 0.640. The monoisotopic (exact) mass is 312 g/mol. The molecule has 1 rings (SSSR count). The first-order chi connectivity index (χ1) is 9.57. The lowest BCUT2D eigenvalue weighted by atomic mass is 9.97. The van der Waals surface area contributed by atoms with Crippen molar-refractivity contribution < 1.29 is 27.5 Å². The first-order valence-corrected chi connectivity index (χ1v) is 6.96. The standard InChI is InChI=1S/C13H23F3N2O3/c1-12(2,3)21-11(19)18-6-4-10(5-7-18)8-17-20-9-13(14,15)16/h10,17H,4-9H2,1-3H3. The number of carbonyl (C=O) groups is 1. The molecule has 0 spiro atoms. The summed E-state index contributed by atoms with van der Waals surface area (Å²) in [6, 6.07) is 0. The molecule has 1 fully saturated rings. The molecule has 1 aliphatic heterocycles. The molecule has 0 unspecified atom stereocenters. The van der Waals surface area contributed by atoms with Crippen molar-refractivity contribution >= 4 is 6.09 Å². The van der Waals surface area contributed by atoms with Crippen LogP contribution in [0.15, 0.2) is 0 Å². The van der Waals surface area contributed by atoms with Crippen LogP contribution in [-0.2, 0) is 9.57 Å². The normalized spacial score (nSPS) is 17.9. The summed E-state index contributed by atoms with van der Waals surface area (Å²) in [4.78, 5) is 17.8. The summed E-state index contributed by atoms with van der Waals surface area (Å²) in [7, 11) is 0. The fourth-order valence-corrected chi connectivity index (χ4v) is 1.96. The lowest BCUT2D eigenvalue weighted by Crippen LogP contribution is -2.43. The number of hydroxylamine groups is 1. The molecule has 8 heteroatoms. The van der Waals surface area contributed by atoms with Crippen molar-refractivity contribution in [3.05, 3.63) is 0 Å². The lowest BCUT2D eigenvalue weighted by molar-refractivity contribution is -0.190. The third kappa shape index (κ3) is 8.11. The van der Waals surface area contributed by atoms with Crippen LogP contribution >= 0.6 is 0 Å². The van der Waals surface area contributed by atoms with Crippen LogP contribution in [0.4, 0.5) is 18.0 Å². The summed E-state index contributed by atoms with van der Waals surface area (Å²) in [5, 5.41) is 0. The van der Waals surface area contributed by atoms with Crippen molar-refractivity contribution in [2.45, 2.75) is 45.4 Å². The molecule has 0 aromatic carbocycles.